The number of aromatic nitrogens is 2. The van der Waals surface area contributed by atoms with Gasteiger partial charge in [0.05, 0.1) is 8.07 Å². The van der Waals surface area contributed by atoms with Gasteiger partial charge in [0.25, 0.3) is 0 Å². The van der Waals surface area contributed by atoms with Gasteiger partial charge in [-0.15, -0.1) is 66.2 Å². The van der Waals surface area contributed by atoms with Gasteiger partial charge in [-0.25, -0.2) is 6.07 Å². The van der Waals surface area contributed by atoms with Gasteiger partial charge >= 0.3 is 0 Å². The fourth-order valence-corrected chi connectivity index (χ4v) is 5.21. The number of hydrogen-bond donors (Lipinski definition) is 0. The molecule has 4 aromatic carbocycles. The smallest absolute Gasteiger partial charge is 0.0795 e. The Balaban J connectivity index is 0.000000301. The molecule has 2 heterocycles. The van der Waals surface area contributed by atoms with Crippen molar-refractivity contribution in [2.24, 2.45) is 0 Å². The second kappa shape index (κ2) is 17.5. The van der Waals surface area contributed by atoms with E-state index < -0.39 is 8.07 Å². The van der Waals surface area contributed by atoms with Crippen molar-refractivity contribution in [3.05, 3.63) is 152 Å². The van der Waals surface area contributed by atoms with Crippen molar-refractivity contribution in [1.29, 1.82) is 0 Å². The molecular formula is C37H30BIrN2SiY-4. The number of hydrogen-bond acceptors (Lipinski definition) is 2. The quantitative estimate of drug-likeness (QED) is 0.130. The zero-order valence-corrected chi connectivity index (χ0v) is 30.7. The van der Waals surface area contributed by atoms with E-state index >= 15 is 0 Å². The summed E-state index contributed by atoms with van der Waals surface area (Å²) in [7, 11) is -1.23. The summed E-state index contributed by atoms with van der Waals surface area (Å²) in [5, 5.41) is 1.40. The van der Waals surface area contributed by atoms with Gasteiger partial charge in [0.1, 0.15) is 0 Å². The minimum absolute atomic E-state index is 0. The van der Waals surface area contributed by atoms with Crippen LogP contribution in [0.15, 0.2) is 128 Å². The molecule has 0 saturated carbocycles. The predicted molar refractivity (Wildman–Crippen MR) is 174 cm³/mol. The van der Waals surface area contributed by atoms with Crippen LogP contribution in [0.1, 0.15) is 0 Å². The maximum Gasteiger partial charge on any atom is 0.0795 e. The average Bonchev–Trinajstić information content (AvgIpc) is 3.02. The Morgan fingerprint density at radius 3 is 1.95 bits per heavy atom. The third-order valence-corrected chi connectivity index (χ3v) is 8.51. The van der Waals surface area contributed by atoms with E-state index in [-0.39, 0.29) is 61.2 Å². The van der Waals surface area contributed by atoms with Crippen LogP contribution in [0.25, 0.3) is 44.8 Å². The Hall–Kier alpha value is -2.78. The first-order valence-electron chi connectivity index (χ1n) is 13.3. The van der Waals surface area contributed by atoms with Crippen LogP contribution >= 0.6 is 0 Å². The fraction of sp³-hybridized carbons (Fsp3) is 0.0811. The molecule has 0 amide bonds. The number of pyridine rings is 2. The number of rotatable bonds is 5. The minimum Gasteiger partial charge on any atom is -0.352 e. The molecule has 0 atom stereocenters. The molecule has 6 rings (SSSR count). The topological polar surface area (TPSA) is 25.8 Å². The van der Waals surface area contributed by atoms with Gasteiger partial charge in [0.2, 0.25) is 0 Å². The Kier molecular flexibility index (Phi) is 14.8. The van der Waals surface area contributed by atoms with Crippen LogP contribution in [0.2, 0.25) is 19.6 Å². The Bertz CT molecular complexity index is 1640. The standard InChI is InChI=1S/C23H14N.C14H16NSi.B.Ir.Y/c1-2-7-18(8-3-1)19-12-14-20(15-13-19)21-9-6-10-22(17-21)23-11-4-5-16-24-23;1-16(2,3)13-9-10-14(15-11-13)12-7-5-4-6-8-12;;;/h1-9,11-14,16H;4-7,9-11H,1-3H3;;;/q-3;-1;;;. The summed E-state index contributed by atoms with van der Waals surface area (Å²) in [5.74, 6) is 0. The summed E-state index contributed by atoms with van der Waals surface area (Å²) in [5.41, 5.74) is 8.17. The molecule has 2 aromatic heterocycles. The van der Waals surface area contributed by atoms with E-state index in [1.165, 1.54) is 10.8 Å². The summed E-state index contributed by atoms with van der Waals surface area (Å²) >= 11 is 0. The van der Waals surface area contributed by atoms with E-state index in [1.54, 1.807) is 6.20 Å². The Labute approximate surface area is 298 Å². The summed E-state index contributed by atoms with van der Waals surface area (Å²) in [6.07, 6.45) is 3.80. The maximum atomic E-state index is 4.52. The van der Waals surface area contributed by atoms with Crippen molar-refractivity contribution in [2.75, 3.05) is 0 Å². The SMILES string of the molecule is C[Si](C)(C)c1ccc(-c2[c-]cccc2)nc1.[B].[Ir].[Y].[c-]1ccc(-c2[c-]cc(-c3ccccc3)cc2)[c-]c1-c1ccccn1. The molecule has 0 saturated heterocycles. The molecule has 0 aliphatic carbocycles. The van der Waals surface area contributed by atoms with E-state index in [9.17, 15) is 0 Å². The van der Waals surface area contributed by atoms with Crippen LogP contribution in [-0.2, 0) is 52.8 Å². The van der Waals surface area contributed by atoms with Crippen molar-refractivity contribution >= 4 is 21.7 Å². The monoisotopic (exact) mass is 823 g/mol. The largest absolute Gasteiger partial charge is 0.352 e. The predicted octanol–water partition coefficient (Wildman–Crippen LogP) is 8.19. The van der Waals surface area contributed by atoms with E-state index in [4.69, 9.17) is 0 Å². The van der Waals surface area contributed by atoms with Gasteiger partial charge < -0.3 is 16.0 Å². The van der Waals surface area contributed by atoms with Crippen LogP contribution in [-0.4, -0.2) is 26.5 Å². The van der Waals surface area contributed by atoms with Crippen LogP contribution in [0.3, 0.4) is 0 Å². The molecule has 0 N–H and O–H groups in total. The molecule has 0 bridgehead atoms. The Morgan fingerprint density at radius 2 is 1.35 bits per heavy atom. The molecule has 0 spiro atoms. The van der Waals surface area contributed by atoms with Gasteiger partial charge in [-0.3, -0.25) is 23.3 Å². The maximum absolute atomic E-state index is 4.52. The molecule has 6 heteroatoms. The van der Waals surface area contributed by atoms with Crippen LogP contribution in [0, 0.1) is 24.3 Å². The van der Waals surface area contributed by atoms with Crippen molar-refractivity contribution in [2.45, 2.75) is 19.6 Å². The van der Waals surface area contributed by atoms with Crippen LogP contribution in [0.5, 0.6) is 0 Å². The normalized spacial score (nSPS) is 10.1. The second-order valence-electron chi connectivity index (χ2n) is 10.4. The summed E-state index contributed by atoms with van der Waals surface area (Å²) < 4.78 is 0. The van der Waals surface area contributed by atoms with Crippen LogP contribution in [0.4, 0.5) is 0 Å². The number of nitrogens with zero attached hydrogens (tertiary/aromatic N) is 2. The summed E-state index contributed by atoms with van der Waals surface area (Å²) in [4.78, 5) is 8.88. The van der Waals surface area contributed by atoms with E-state index in [0.29, 0.717) is 0 Å². The molecule has 0 aliphatic heterocycles. The first kappa shape index (κ1) is 36.4. The van der Waals surface area contributed by atoms with E-state index in [1.807, 2.05) is 85.1 Å². The first-order valence-corrected chi connectivity index (χ1v) is 16.8. The molecule has 5 radical (unpaired) electrons. The van der Waals surface area contributed by atoms with Crippen molar-refractivity contribution < 1.29 is 52.8 Å². The van der Waals surface area contributed by atoms with Crippen LogP contribution < -0.4 is 5.19 Å². The third kappa shape index (κ3) is 10.1. The molecule has 2 nitrogen and oxygen atoms in total. The minimum atomic E-state index is -1.23. The van der Waals surface area contributed by atoms with Gasteiger partial charge in [-0.2, -0.15) is 5.56 Å². The van der Waals surface area contributed by atoms with Gasteiger partial charge in [0.15, 0.2) is 0 Å². The van der Waals surface area contributed by atoms with Gasteiger partial charge in [-0.1, -0.05) is 85.0 Å². The molecular weight excluding hydrogens is 792 g/mol. The molecule has 0 fully saturated rings. The molecule has 0 aliphatic rings. The van der Waals surface area contributed by atoms with E-state index in [0.717, 1.165) is 39.2 Å². The van der Waals surface area contributed by atoms with Crippen molar-refractivity contribution in [1.82, 2.24) is 9.97 Å². The molecule has 43 heavy (non-hydrogen) atoms. The van der Waals surface area contributed by atoms with Gasteiger partial charge in [-0.05, 0) is 16.9 Å². The zero-order valence-electron chi connectivity index (χ0n) is 24.5. The van der Waals surface area contributed by atoms with E-state index in [2.05, 4.69) is 90.3 Å². The third-order valence-electron chi connectivity index (χ3n) is 6.48. The van der Waals surface area contributed by atoms with Gasteiger partial charge in [0, 0.05) is 73.6 Å². The second-order valence-corrected chi connectivity index (χ2v) is 15.5. The Morgan fingerprint density at radius 1 is 0.581 bits per heavy atom. The number of benzene rings is 4. The average molecular weight is 823 g/mol. The first-order chi connectivity index (χ1) is 19.5. The zero-order chi connectivity index (χ0) is 27.8. The molecule has 6 aromatic rings. The fourth-order valence-electron chi connectivity index (χ4n) is 4.18. The van der Waals surface area contributed by atoms with Crippen molar-refractivity contribution in [3.63, 3.8) is 0 Å². The summed E-state index contributed by atoms with van der Waals surface area (Å²) in [6.45, 7) is 7.00. The molecule has 0 unspecified atom stereocenters. The van der Waals surface area contributed by atoms with Crippen molar-refractivity contribution in [3.8, 4) is 44.8 Å². The summed E-state index contributed by atoms with van der Waals surface area (Å²) in [6, 6.07) is 51.7. The molecule has 211 valence electrons.